The van der Waals surface area contributed by atoms with Gasteiger partial charge in [-0.2, -0.15) is 0 Å². The van der Waals surface area contributed by atoms with Crippen LogP contribution in [0.15, 0.2) is 72.8 Å². The number of nitrogens with two attached hydrogens (primary N) is 1. The quantitative estimate of drug-likeness (QED) is 0.622. The highest BCUT2D eigenvalue weighted by Gasteiger charge is 2.14. The van der Waals surface area contributed by atoms with Crippen LogP contribution in [-0.4, -0.2) is 24.2 Å². The van der Waals surface area contributed by atoms with Crippen LogP contribution in [0.4, 0.5) is 0 Å². The maximum atomic E-state index is 11.0. The number of ether oxygens (including phenoxy) is 2. The summed E-state index contributed by atoms with van der Waals surface area (Å²) in [6.07, 6.45) is 0.248. The van der Waals surface area contributed by atoms with Crippen LogP contribution < -0.4 is 15.2 Å². The molecular weight excluding hydrogens is 354 g/mol. The van der Waals surface area contributed by atoms with E-state index in [9.17, 15) is 4.79 Å². The molecule has 0 amide bonds. The molecule has 0 aliphatic carbocycles. The molecule has 1 unspecified atom stereocenters. The third kappa shape index (κ3) is 4.90. The molecule has 0 spiro atoms. The van der Waals surface area contributed by atoms with Crippen LogP contribution in [-0.2, 0) is 17.8 Å². The molecule has 0 saturated heterocycles. The summed E-state index contributed by atoms with van der Waals surface area (Å²) < 4.78 is 11.3. The van der Waals surface area contributed by atoms with Gasteiger partial charge in [0.15, 0.2) is 0 Å². The summed E-state index contributed by atoms with van der Waals surface area (Å²) in [5.74, 6) is 0.412. The number of carbonyl (C=O) groups is 1. The molecule has 0 heterocycles. The van der Waals surface area contributed by atoms with Gasteiger partial charge in [-0.15, -0.1) is 0 Å². The van der Waals surface area contributed by atoms with Gasteiger partial charge in [-0.05, 0) is 47.4 Å². The second-order valence-electron chi connectivity index (χ2n) is 6.47. The lowest BCUT2D eigenvalue weighted by Gasteiger charge is -2.13. The molecule has 0 saturated carbocycles. The number of carboxylic acids is 1. The Hall–Kier alpha value is -3.31. The maximum Gasteiger partial charge on any atom is 0.320 e. The summed E-state index contributed by atoms with van der Waals surface area (Å²) in [6.45, 7) is 0.310. The van der Waals surface area contributed by atoms with Crippen molar-refractivity contribution in [1.29, 1.82) is 0 Å². The van der Waals surface area contributed by atoms with Crippen molar-refractivity contribution in [3.63, 3.8) is 0 Å². The lowest BCUT2D eigenvalue weighted by molar-refractivity contribution is -0.138. The number of hydrogen-bond donors (Lipinski definition) is 2. The number of aliphatic carboxylic acids is 1. The van der Waals surface area contributed by atoms with E-state index in [1.807, 2.05) is 54.6 Å². The molecule has 3 aromatic rings. The Balaban J connectivity index is 1.70. The van der Waals surface area contributed by atoms with Gasteiger partial charge in [0.25, 0.3) is 0 Å². The minimum Gasteiger partial charge on any atom is -0.496 e. The number of hydrogen-bond acceptors (Lipinski definition) is 4. The van der Waals surface area contributed by atoms with Gasteiger partial charge in [0.1, 0.15) is 24.1 Å². The van der Waals surface area contributed by atoms with E-state index in [1.54, 1.807) is 13.2 Å². The van der Waals surface area contributed by atoms with Gasteiger partial charge in [-0.1, -0.05) is 48.5 Å². The Kier molecular flexibility index (Phi) is 6.29. The van der Waals surface area contributed by atoms with E-state index < -0.39 is 12.0 Å². The molecule has 0 aliphatic rings. The van der Waals surface area contributed by atoms with Crippen molar-refractivity contribution in [1.82, 2.24) is 0 Å². The van der Waals surface area contributed by atoms with E-state index in [2.05, 4.69) is 12.1 Å². The Morgan fingerprint density at radius 3 is 2.32 bits per heavy atom. The number of rotatable bonds is 8. The fourth-order valence-electron chi connectivity index (χ4n) is 2.95. The van der Waals surface area contributed by atoms with E-state index >= 15 is 0 Å². The zero-order valence-corrected chi connectivity index (χ0v) is 15.7. The zero-order valence-electron chi connectivity index (χ0n) is 15.7. The highest BCUT2D eigenvalue weighted by Crippen LogP contribution is 2.25. The van der Waals surface area contributed by atoms with Crippen molar-refractivity contribution in [2.75, 3.05) is 7.11 Å². The lowest BCUT2D eigenvalue weighted by Crippen LogP contribution is -2.32. The first-order chi connectivity index (χ1) is 13.6. The molecule has 3 aromatic carbocycles. The van der Waals surface area contributed by atoms with Crippen molar-refractivity contribution >= 4 is 5.97 Å². The SMILES string of the molecule is COc1ccc(CC(N)C(=O)O)cc1COc1ccc(-c2ccccc2)cc1. The first kappa shape index (κ1) is 19.5. The summed E-state index contributed by atoms with van der Waals surface area (Å²) >= 11 is 0. The van der Waals surface area contributed by atoms with E-state index in [1.165, 1.54) is 0 Å². The van der Waals surface area contributed by atoms with Gasteiger partial charge in [0.05, 0.1) is 7.11 Å². The van der Waals surface area contributed by atoms with Crippen molar-refractivity contribution in [3.8, 4) is 22.6 Å². The molecule has 5 heteroatoms. The third-order valence-corrected chi connectivity index (χ3v) is 4.47. The smallest absolute Gasteiger partial charge is 0.320 e. The normalized spacial score (nSPS) is 11.6. The van der Waals surface area contributed by atoms with Crippen LogP contribution in [0, 0.1) is 0 Å². The maximum absolute atomic E-state index is 11.0. The molecule has 28 heavy (non-hydrogen) atoms. The number of methoxy groups -OCH3 is 1. The average molecular weight is 377 g/mol. The molecule has 0 radical (unpaired) electrons. The predicted octanol–water partition coefficient (Wildman–Crippen LogP) is 3.90. The van der Waals surface area contributed by atoms with Crippen LogP contribution >= 0.6 is 0 Å². The molecule has 0 aliphatic heterocycles. The molecule has 0 fully saturated rings. The van der Waals surface area contributed by atoms with Gasteiger partial charge in [-0.3, -0.25) is 4.79 Å². The number of benzene rings is 3. The Bertz CT molecular complexity index is 923. The Labute approximate surface area is 164 Å². The molecule has 1 atom stereocenters. The van der Waals surface area contributed by atoms with E-state index in [-0.39, 0.29) is 6.42 Å². The summed E-state index contributed by atoms with van der Waals surface area (Å²) in [7, 11) is 1.59. The topological polar surface area (TPSA) is 81.8 Å². The van der Waals surface area contributed by atoms with Crippen LogP contribution in [0.1, 0.15) is 11.1 Å². The average Bonchev–Trinajstić information content (AvgIpc) is 2.73. The first-order valence-corrected chi connectivity index (χ1v) is 8.99. The summed E-state index contributed by atoms with van der Waals surface area (Å²) in [5, 5.41) is 9.00. The highest BCUT2D eigenvalue weighted by molar-refractivity contribution is 5.73. The Morgan fingerprint density at radius 1 is 1.00 bits per heavy atom. The molecule has 5 nitrogen and oxygen atoms in total. The Morgan fingerprint density at radius 2 is 1.68 bits per heavy atom. The summed E-state index contributed by atoms with van der Waals surface area (Å²) in [5.41, 5.74) is 9.57. The second-order valence-corrected chi connectivity index (χ2v) is 6.47. The van der Waals surface area contributed by atoms with Crippen molar-refractivity contribution in [2.24, 2.45) is 5.73 Å². The van der Waals surface area contributed by atoms with Gasteiger partial charge in [0.2, 0.25) is 0 Å². The number of carboxylic acid groups (broad SMARTS) is 1. The largest absolute Gasteiger partial charge is 0.496 e. The predicted molar refractivity (Wildman–Crippen MR) is 109 cm³/mol. The van der Waals surface area contributed by atoms with E-state index in [4.69, 9.17) is 20.3 Å². The third-order valence-electron chi connectivity index (χ3n) is 4.47. The standard InChI is InChI=1S/C23H23NO4/c1-27-22-12-7-16(14-21(24)23(25)26)13-19(22)15-28-20-10-8-18(9-11-20)17-5-3-2-4-6-17/h2-13,21H,14-15,24H2,1H3,(H,25,26). The van der Waals surface area contributed by atoms with E-state index in [0.717, 1.165) is 28.0 Å². The lowest BCUT2D eigenvalue weighted by atomic mass is 10.0. The molecule has 144 valence electrons. The molecule has 3 N–H and O–H groups in total. The fourth-order valence-corrected chi connectivity index (χ4v) is 2.95. The van der Waals surface area contributed by atoms with Crippen molar-refractivity contribution in [2.45, 2.75) is 19.1 Å². The van der Waals surface area contributed by atoms with Crippen molar-refractivity contribution in [3.05, 3.63) is 83.9 Å². The fraction of sp³-hybridized carbons (Fsp3) is 0.174. The van der Waals surface area contributed by atoms with Crippen LogP contribution in [0.3, 0.4) is 0 Å². The van der Waals surface area contributed by atoms with Gasteiger partial charge in [-0.25, -0.2) is 0 Å². The van der Waals surface area contributed by atoms with E-state index in [0.29, 0.717) is 12.4 Å². The van der Waals surface area contributed by atoms with Gasteiger partial charge < -0.3 is 20.3 Å². The van der Waals surface area contributed by atoms with Gasteiger partial charge in [0, 0.05) is 5.56 Å². The summed E-state index contributed by atoms with van der Waals surface area (Å²) in [6, 6.07) is 22.6. The van der Waals surface area contributed by atoms with Crippen LogP contribution in [0.5, 0.6) is 11.5 Å². The zero-order chi connectivity index (χ0) is 19.9. The van der Waals surface area contributed by atoms with Gasteiger partial charge >= 0.3 is 5.97 Å². The molecule has 0 aromatic heterocycles. The molecule has 0 bridgehead atoms. The summed E-state index contributed by atoms with van der Waals surface area (Å²) in [4.78, 5) is 11.0. The highest BCUT2D eigenvalue weighted by atomic mass is 16.5. The first-order valence-electron chi connectivity index (χ1n) is 8.99. The van der Waals surface area contributed by atoms with Crippen LogP contribution in [0.2, 0.25) is 0 Å². The second kappa shape index (κ2) is 9.06. The van der Waals surface area contributed by atoms with Crippen LogP contribution in [0.25, 0.3) is 11.1 Å². The molecular formula is C23H23NO4. The molecule has 3 rings (SSSR count). The minimum absolute atomic E-state index is 0.248. The monoisotopic (exact) mass is 377 g/mol. The van der Waals surface area contributed by atoms with Crippen molar-refractivity contribution < 1.29 is 19.4 Å². The minimum atomic E-state index is -1.02.